The van der Waals surface area contributed by atoms with Gasteiger partial charge in [0.2, 0.25) is 0 Å². The van der Waals surface area contributed by atoms with Crippen LogP contribution in [-0.2, 0) is 4.74 Å². The van der Waals surface area contributed by atoms with Gasteiger partial charge in [-0.3, -0.25) is 4.90 Å². The minimum absolute atomic E-state index is 0.172. The highest BCUT2D eigenvalue weighted by molar-refractivity contribution is 4.93. The fourth-order valence-electron chi connectivity index (χ4n) is 2.77. The van der Waals surface area contributed by atoms with Crippen molar-refractivity contribution in [3.8, 4) is 0 Å². The fraction of sp³-hybridized carbons (Fsp3) is 1.00. The second kappa shape index (κ2) is 6.58. The van der Waals surface area contributed by atoms with E-state index in [4.69, 9.17) is 10.5 Å². The van der Waals surface area contributed by atoms with E-state index >= 15 is 0 Å². The predicted molar refractivity (Wildman–Crippen MR) is 68.6 cm³/mol. The molecule has 3 nitrogen and oxygen atoms in total. The number of ether oxygens (including phenoxy) is 1. The lowest BCUT2D eigenvalue weighted by Gasteiger charge is -2.44. The van der Waals surface area contributed by atoms with Crippen molar-refractivity contribution >= 4 is 0 Å². The summed E-state index contributed by atoms with van der Waals surface area (Å²) >= 11 is 0. The summed E-state index contributed by atoms with van der Waals surface area (Å²) in [5.74, 6) is 0. The van der Waals surface area contributed by atoms with E-state index < -0.39 is 0 Å². The monoisotopic (exact) mass is 228 g/mol. The molecule has 1 aliphatic heterocycles. The molecule has 0 saturated carbocycles. The second-order valence-electron chi connectivity index (χ2n) is 5.14. The Kier molecular flexibility index (Phi) is 5.73. The first-order chi connectivity index (χ1) is 7.66. The highest BCUT2D eigenvalue weighted by Gasteiger charge is 2.35. The summed E-state index contributed by atoms with van der Waals surface area (Å²) in [6.45, 7) is 7.07. The summed E-state index contributed by atoms with van der Waals surface area (Å²) in [4.78, 5) is 2.51. The van der Waals surface area contributed by atoms with Crippen LogP contribution in [0.15, 0.2) is 0 Å². The average molecular weight is 228 g/mol. The molecule has 0 aliphatic carbocycles. The molecule has 0 spiro atoms. The SMILES string of the molecule is CCCC(C)N(C)C1(CN)CCCOCC1. The summed E-state index contributed by atoms with van der Waals surface area (Å²) in [6, 6.07) is 0.617. The van der Waals surface area contributed by atoms with Crippen molar-refractivity contribution < 1.29 is 4.74 Å². The van der Waals surface area contributed by atoms with Crippen molar-refractivity contribution in [2.24, 2.45) is 5.73 Å². The summed E-state index contributed by atoms with van der Waals surface area (Å²) in [5, 5.41) is 0. The molecule has 1 rings (SSSR count). The zero-order valence-electron chi connectivity index (χ0n) is 11.2. The quantitative estimate of drug-likeness (QED) is 0.782. The molecule has 1 fully saturated rings. The van der Waals surface area contributed by atoms with Crippen molar-refractivity contribution in [1.29, 1.82) is 0 Å². The lowest BCUT2D eigenvalue weighted by molar-refractivity contribution is 0.0566. The molecule has 0 bridgehead atoms. The molecular weight excluding hydrogens is 200 g/mol. The number of rotatable bonds is 5. The Morgan fingerprint density at radius 1 is 1.38 bits per heavy atom. The highest BCUT2D eigenvalue weighted by atomic mass is 16.5. The summed E-state index contributed by atoms with van der Waals surface area (Å²) in [6.07, 6.45) is 5.88. The molecule has 0 amide bonds. The van der Waals surface area contributed by atoms with Gasteiger partial charge in [0.05, 0.1) is 0 Å². The molecule has 1 saturated heterocycles. The molecule has 0 aromatic rings. The molecule has 1 aliphatic rings. The normalized spacial score (nSPS) is 29.1. The third-order valence-electron chi connectivity index (χ3n) is 4.14. The molecule has 16 heavy (non-hydrogen) atoms. The summed E-state index contributed by atoms with van der Waals surface area (Å²) < 4.78 is 5.56. The smallest absolute Gasteiger partial charge is 0.0484 e. The van der Waals surface area contributed by atoms with Crippen LogP contribution in [-0.4, -0.2) is 43.3 Å². The van der Waals surface area contributed by atoms with Crippen molar-refractivity contribution in [2.75, 3.05) is 26.8 Å². The Bertz CT molecular complexity index is 188. The van der Waals surface area contributed by atoms with Gasteiger partial charge in [0.25, 0.3) is 0 Å². The van der Waals surface area contributed by atoms with E-state index in [1.165, 1.54) is 19.3 Å². The van der Waals surface area contributed by atoms with E-state index in [9.17, 15) is 0 Å². The maximum atomic E-state index is 6.05. The van der Waals surface area contributed by atoms with E-state index in [1.54, 1.807) is 0 Å². The second-order valence-corrected chi connectivity index (χ2v) is 5.14. The number of hydrogen-bond donors (Lipinski definition) is 1. The van der Waals surface area contributed by atoms with Crippen LogP contribution in [0, 0.1) is 0 Å². The van der Waals surface area contributed by atoms with Gasteiger partial charge >= 0.3 is 0 Å². The van der Waals surface area contributed by atoms with Gasteiger partial charge in [0.1, 0.15) is 0 Å². The van der Waals surface area contributed by atoms with Gasteiger partial charge in [-0.2, -0.15) is 0 Å². The molecule has 96 valence electrons. The number of nitrogens with zero attached hydrogens (tertiary/aromatic N) is 1. The maximum absolute atomic E-state index is 6.05. The van der Waals surface area contributed by atoms with E-state index in [0.717, 1.165) is 32.6 Å². The largest absolute Gasteiger partial charge is 0.381 e. The number of nitrogens with two attached hydrogens (primary N) is 1. The minimum atomic E-state index is 0.172. The first-order valence-corrected chi connectivity index (χ1v) is 6.67. The maximum Gasteiger partial charge on any atom is 0.0484 e. The minimum Gasteiger partial charge on any atom is -0.381 e. The lowest BCUT2D eigenvalue weighted by Crippen LogP contribution is -2.55. The van der Waals surface area contributed by atoms with Crippen molar-refractivity contribution in [2.45, 2.75) is 57.5 Å². The standard InChI is InChI=1S/C13H28N2O/c1-4-6-12(2)15(3)13(11-14)7-5-9-16-10-8-13/h12H,4-11,14H2,1-3H3. The van der Waals surface area contributed by atoms with Crippen LogP contribution in [0.2, 0.25) is 0 Å². The van der Waals surface area contributed by atoms with Gasteiger partial charge in [-0.25, -0.2) is 0 Å². The highest BCUT2D eigenvalue weighted by Crippen LogP contribution is 2.28. The molecule has 2 unspecified atom stereocenters. The molecular formula is C13H28N2O. The first-order valence-electron chi connectivity index (χ1n) is 6.67. The Morgan fingerprint density at radius 3 is 2.75 bits per heavy atom. The third kappa shape index (κ3) is 3.19. The average Bonchev–Trinajstić information content (AvgIpc) is 2.54. The Hall–Kier alpha value is -0.120. The van der Waals surface area contributed by atoms with Crippen LogP contribution in [0.3, 0.4) is 0 Å². The van der Waals surface area contributed by atoms with Gasteiger partial charge in [-0.1, -0.05) is 13.3 Å². The number of hydrogen-bond acceptors (Lipinski definition) is 3. The van der Waals surface area contributed by atoms with Crippen LogP contribution in [0.5, 0.6) is 0 Å². The Morgan fingerprint density at radius 2 is 2.12 bits per heavy atom. The summed E-state index contributed by atoms with van der Waals surface area (Å²) in [5.41, 5.74) is 6.22. The molecule has 1 heterocycles. The first kappa shape index (κ1) is 13.9. The van der Waals surface area contributed by atoms with Gasteiger partial charge in [-0.15, -0.1) is 0 Å². The van der Waals surface area contributed by atoms with Crippen molar-refractivity contribution in [3.05, 3.63) is 0 Å². The molecule has 2 atom stereocenters. The van der Waals surface area contributed by atoms with Gasteiger partial charge < -0.3 is 10.5 Å². The van der Waals surface area contributed by atoms with Crippen LogP contribution in [0.1, 0.15) is 46.0 Å². The topological polar surface area (TPSA) is 38.5 Å². The summed E-state index contributed by atoms with van der Waals surface area (Å²) in [7, 11) is 2.23. The third-order valence-corrected chi connectivity index (χ3v) is 4.14. The van der Waals surface area contributed by atoms with Crippen LogP contribution in [0.25, 0.3) is 0 Å². The zero-order valence-corrected chi connectivity index (χ0v) is 11.2. The lowest BCUT2D eigenvalue weighted by atomic mass is 9.87. The molecule has 0 aromatic carbocycles. The fourth-order valence-corrected chi connectivity index (χ4v) is 2.77. The Balaban J connectivity index is 2.68. The predicted octanol–water partition coefficient (Wildman–Crippen LogP) is 2.00. The van der Waals surface area contributed by atoms with Crippen LogP contribution < -0.4 is 5.73 Å². The molecule has 0 aromatic heterocycles. The van der Waals surface area contributed by atoms with E-state index in [2.05, 4.69) is 25.8 Å². The van der Waals surface area contributed by atoms with Crippen LogP contribution >= 0.6 is 0 Å². The van der Waals surface area contributed by atoms with E-state index in [-0.39, 0.29) is 5.54 Å². The van der Waals surface area contributed by atoms with Crippen LogP contribution in [0.4, 0.5) is 0 Å². The van der Waals surface area contributed by atoms with E-state index in [0.29, 0.717) is 6.04 Å². The van der Waals surface area contributed by atoms with Gasteiger partial charge in [-0.05, 0) is 39.7 Å². The zero-order chi connectivity index (χ0) is 12.0. The van der Waals surface area contributed by atoms with Crippen molar-refractivity contribution in [1.82, 2.24) is 4.90 Å². The number of likely N-dealkylation sites (N-methyl/N-ethyl adjacent to an activating group) is 1. The van der Waals surface area contributed by atoms with Crippen molar-refractivity contribution in [3.63, 3.8) is 0 Å². The molecule has 2 N–H and O–H groups in total. The molecule has 3 heteroatoms. The van der Waals surface area contributed by atoms with E-state index in [1.807, 2.05) is 0 Å². The van der Waals surface area contributed by atoms with Gasteiger partial charge in [0.15, 0.2) is 0 Å². The van der Waals surface area contributed by atoms with Gasteiger partial charge in [0, 0.05) is 31.3 Å². The Labute approximate surface area is 100 Å². The molecule has 0 radical (unpaired) electrons.